The smallest absolute Gasteiger partial charge is 0.253 e. The molecule has 0 radical (unpaired) electrons. The van der Waals surface area contributed by atoms with Crippen LogP contribution in [0.1, 0.15) is 37.6 Å². The highest BCUT2D eigenvalue weighted by atomic mass is 19.1. The maximum atomic E-state index is 13.9. The van der Waals surface area contributed by atoms with Gasteiger partial charge in [-0.1, -0.05) is 26.8 Å². The van der Waals surface area contributed by atoms with E-state index in [1.54, 1.807) is 12.1 Å². The second-order valence-electron chi connectivity index (χ2n) is 5.79. The fraction of sp³-hybridized carbons (Fsp3) is 0.533. The molecule has 0 atom stereocenters. The molecule has 20 heavy (non-hydrogen) atoms. The Balaban J connectivity index is 3.21. The number of carbonyl (C=O) groups excluding carboxylic acids is 1. The molecule has 0 aliphatic carbocycles. The Morgan fingerprint density at radius 1 is 1.40 bits per heavy atom. The maximum absolute atomic E-state index is 13.9. The van der Waals surface area contributed by atoms with Gasteiger partial charge in [0, 0.05) is 13.1 Å². The van der Waals surface area contributed by atoms with Gasteiger partial charge in [-0.15, -0.1) is 0 Å². The minimum atomic E-state index is -0.746. The average molecular weight is 281 g/mol. The molecular weight excluding hydrogens is 257 g/mol. The maximum Gasteiger partial charge on any atom is 0.253 e. The van der Waals surface area contributed by atoms with Crippen LogP contribution in [0.3, 0.4) is 0 Å². The number of hydrogen-bond acceptors (Lipinski definition) is 3. The third kappa shape index (κ3) is 3.93. The van der Waals surface area contributed by atoms with Crippen LogP contribution in [-0.4, -0.2) is 25.5 Å². The molecule has 0 unspecified atom stereocenters. The van der Waals surface area contributed by atoms with E-state index in [-0.39, 0.29) is 11.0 Å². The molecule has 1 rings (SSSR count). The number of primary amides is 1. The van der Waals surface area contributed by atoms with Crippen LogP contribution in [0.4, 0.5) is 10.1 Å². The number of carbonyl (C=O) groups is 1. The highest BCUT2D eigenvalue weighted by Crippen LogP contribution is 2.26. The van der Waals surface area contributed by atoms with Crippen molar-refractivity contribution < 1.29 is 9.18 Å². The summed E-state index contributed by atoms with van der Waals surface area (Å²) in [5.74, 6) is -1.33. The van der Waals surface area contributed by atoms with Gasteiger partial charge in [-0.2, -0.15) is 0 Å². The average Bonchev–Trinajstić information content (AvgIpc) is 2.37. The van der Waals surface area contributed by atoms with Gasteiger partial charge in [0.05, 0.1) is 11.3 Å². The number of nitrogens with two attached hydrogens (primary N) is 2. The number of benzene rings is 1. The van der Waals surface area contributed by atoms with E-state index in [1.807, 2.05) is 25.7 Å². The summed E-state index contributed by atoms with van der Waals surface area (Å²) < 4.78 is 13.9. The quantitative estimate of drug-likeness (QED) is 0.804. The molecule has 0 heterocycles. The van der Waals surface area contributed by atoms with Gasteiger partial charge in [-0.3, -0.25) is 4.79 Å². The van der Waals surface area contributed by atoms with Crippen LogP contribution in [0.15, 0.2) is 18.2 Å². The highest BCUT2D eigenvalue weighted by Gasteiger charge is 2.24. The van der Waals surface area contributed by atoms with E-state index in [4.69, 9.17) is 11.5 Å². The molecule has 112 valence electrons. The predicted molar refractivity (Wildman–Crippen MR) is 80.3 cm³/mol. The molecule has 4 N–H and O–H groups in total. The molecule has 0 saturated carbocycles. The SMILES string of the molecule is CCCN(CC(C)(C)CN)c1cccc(F)c1C(N)=O. The topological polar surface area (TPSA) is 72.3 Å². The zero-order valence-corrected chi connectivity index (χ0v) is 12.4. The Kier molecular flexibility index (Phi) is 5.51. The van der Waals surface area contributed by atoms with E-state index < -0.39 is 11.7 Å². The summed E-state index contributed by atoms with van der Waals surface area (Å²) in [6.45, 7) is 7.98. The summed E-state index contributed by atoms with van der Waals surface area (Å²) in [6, 6.07) is 4.57. The van der Waals surface area contributed by atoms with Crippen LogP contribution in [0.25, 0.3) is 0 Å². The van der Waals surface area contributed by atoms with Gasteiger partial charge in [0.2, 0.25) is 0 Å². The lowest BCUT2D eigenvalue weighted by Gasteiger charge is -2.34. The summed E-state index contributed by atoms with van der Waals surface area (Å²) in [5, 5.41) is 0. The van der Waals surface area contributed by atoms with E-state index >= 15 is 0 Å². The number of amides is 1. The first-order chi connectivity index (χ1) is 9.32. The standard InChI is InChI=1S/C15H24FN3O/c1-4-8-19(10-15(2,3)9-17)12-7-5-6-11(16)13(12)14(18)20/h5-7H,4,8-10,17H2,1-3H3,(H2,18,20). The molecule has 0 bridgehead atoms. The molecule has 0 aliphatic heterocycles. The number of rotatable bonds is 7. The van der Waals surface area contributed by atoms with Gasteiger partial charge in [0.15, 0.2) is 0 Å². The van der Waals surface area contributed by atoms with Crippen molar-refractivity contribution in [2.24, 2.45) is 16.9 Å². The van der Waals surface area contributed by atoms with Gasteiger partial charge in [-0.05, 0) is 30.5 Å². The second kappa shape index (κ2) is 6.70. The molecule has 1 amide bonds. The minimum absolute atomic E-state index is 0.0474. The summed E-state index contributed by atoms with van der Waals surface area (Å²) in [5.41, 5.74) is 11.4. The molecule has 4 nitrogen and oxygen atoms in total. The molecule has 0 saturated heterocycles. The molecule has 0 aromatic heterocycles. The fourth-order valence-electron chi connectivity index (χ4n) is 2.16. The number of halogens is 1. The third-order valence-corrected chi connectivity index (χ3v) is 3.24. The fourth-order valence-corrected chi connectivity index (χ4v) is 2.16. The summed E-state index contributed by atoms with van der Waals surface area (Å²) in [4.78, 5) is 13.5. The van der Waals surface area contributed by atoms with Crippen molar-refractivity contribution in [2.75, 3.05) is 24.5 Å². The molecular formula is C15H24FN3O. The summed E-state index contributed by atoms with van der Waals surface area (Å²) >= 11 is 0. The van der Waals surface area contributed by atoms with Crippen LogP contribution in [0, 0.1) is 11.2 Å². The molecule has 1 aromatic carbocycles. The Hall–Kier alpha value is -1.62. The molecule has 5 heteroatoms. The minimum Gasteiger partial charge on any atom is -0.370 e. The third-order valence-electron chi connectivity index (χ3n) is 3.24. The monoisotopic (exact) mass is 281 g/mol. The highest BCUT2D eigenvalue weighted by molar-refractivity contribution is 5.99. The largest absolute Gasteiger partial charge is 0.370 e. The van der Waals surface area contributed by atoms with Crippen molar-refractivity contribution in [2.45, 2.75) is 27.2 Å². The zero-order valence-electron chi connectivity index (χ0n) is 12.4. The van der Waals surface area contributed by atoms with Gasteiger partial charge >= 0.3 is 0 Å². The normalized spacial score (nSPS) is 11.4. The second-order valence-corrected chi connectivity index (χ2v) is 5.79. The van der Waals surface area contributed by atoms with Crippen LogP contribution in [0.5, 0.6) is 0 Å². The van der Waals surface area contributed by atoms with E-state index in [2.05, 4.69) is 0 Å². The van der Waals surface area contributed by atoms with Crippen molar-refractivity contribution in [3.05, 3.63) is 29.6 Å². The van der Waals surface area contributed by atoms with Crippen LogP contribution in [0.2, 0.25) is 0 Å². The van der Waals surface area contributed by atoms with Gasteiger partial charge < -0.3 is 16.4 Å². The van der Waals surface area contributed by atoms with E-state index in [0.717, 1.165) is 6.42 Å². The number of nitrogens with zero attached hydrogens (tertiary/aromatic N) is 1. The lowest BCUT2D eigenvalue weighted by Crippen LogP contribution is -2.40. The predicted octanol–water partition coefficient (Wildman–Crippen LogP) is 2.13. The lowest BCUT2D eigenvalue weighted by atomic mass is 9.92. The Labute approximate surface area is 119 Å². The summed E-state index contributed by atoms with van der Waals surface area (Å²) in [7, 11) is 0. The van der Waals surface area contributed by atoms with Crippen LogP contribution < -0.4 is 16.4 Å². The van der Waals surface area contributed by atoms with E-state index in [9.17, 15) is 9.18 Å². The van der Waals surface area contributed by atoms with E-state index in [1.165, 1.54) is 6.07 Å². The van der Waals surface area contributed by atoms with Crippen molar-refractivity contribution in [1.29, 1.82) is 0 Å². The number of hydrogen-bond donors (Lipinski definition) is 2. The van der Waals surface area contributed by atoms with Crippen molar-refractivity contribution >= 4 is 11.6 Å². The van der Waals surface area contributed by atoms with Crippen LogP contribution >= 0.6 is 0 Å². The van der Waals surface area contributed by atoms with Gasteiger partial charge in [0.25, 0.3) is 5.91 Å². The van der Waals surface area contributed by atoms with Crippen molar-refractivity contribution in [1.82, 2.24) is 0 Å². The van der Waals surface area contributed by atoms with Crippen molar-refractivity contribution in [3.63, 3.8) is 0 Å². The Morgan fingerprint density at radius 3 is 2.55 bits per heavy atom. The van der Waals surface area contributed by atoms with Crippen LogP contribution in [-0.2, 0) is 0 Å². The first-order valence-corrected chi connectivity index (χ1v) is 6.85. The molecule has 1 aromatic rings. The lowest BCUT2D eigenvalue weighted by molar-refractivity contribution is 0.0997. The van der Waals surface area contributed by atoms with Gasteiger partial charge in [0.1, 0.15) is 5.82 Å². The van der Waals surface area contributed by atoms with E-state index in [0.29, 0.717) is 25.3 Å². The first kappa shape index (κ1) is 16.4. The Bertz CT molecular complexity index is 474. The van der Waals surface area contributed by atoms with Gasteiger partial charge in [-0.25, -0.2) is 4.39 Å². The first-order valence-electron chi connectivity index (χ1n) is 6.85. The number of anilines is 1. The Morgan fingerprint density at radius 2 is 2.05 bits per heavy atom. The molecule has 0 aliphatic rings. The summed E-state index contributed by atoms with van der Waals surface area (Å²) in [6.07, 6.45) is 0.884. The van der Waals surface area contributed by atoms with Crippen molar-refractivity contribution in [3.8, 4) is 0 Å². The molecule has 0 spiro atoms. The zero-order chi connectivity index (χ0) is 15.3. The molecule has 0 fully saturated rings.